The third kappa shape index (κ3) is 5.92. The summed E-state index contributed by atoms with van der Waals surface area (Å²) in [6.07, 6.45) is 6.02. The molecule has 2 aliphatic rings. The molecule has 0 bridgehead atoms. The zero-order valence-electron chi connectivity index (χ0n) is 31.1. The van der Waals surface area contributed by atoms with Crippen LogP contribution in [-0.4, -0.2) is 9.97 Å². The van der Waals surface area contributed by atoms with E-state index in [1.807, 2.05) is 42.5 Å². The zero-order chi connectivity index (χ0) is 37.5. The van der Waals surface area contributed by atoms with Gasteiger partial charge in [0.2, 0.25) is 0 Å². The van der Waals surface area contributed by atoms with Crippen molar-refractivity contribution >= 4 is 0 Å². The van der Waals surface area contributed by atoms with Gasteiger partial charge in [0, 0.05) is 22.1 Å². The van der Waals surface area contributed by atoms with Gasteiger partial charge in [0.25, 0.3) is 0 Å². The van der Waals surface area contributed by atoms with E-state index in [9.17, 15) is 5.26 Å². The van der Waals surface area contributed by atoms with Crippen molar-refractivity contribution in [3.63, 3.8) is 0 Å². The first kappa shape index (κ1) is 33.7. The van der Waals surface area contributed by atoms with Gasteiger partial charge in [-0.1, -0.05) is 165 Å². The summed E-state index contributed by atoms with van der Waals surface area (Å²) in [4.78, 5) is 10.1. The van der Waals surface area contributed by atoms with Crippen LogP contribution in [0.25, 0.3) is 78.4 Å². The van der Waals surface area contributed by atoms with Gasteiger partial charge < -0.3 is 0 Å². The average molecular weight is 718 g/mol. The summed E-state index contributed by atoms with van der Waals surface area (Å²) in [6.45, 7) is 0. The van der Waals surface area contributed by atoms with Gasteiger partial charge in [-0.05, 0) is 98.8 Å². The number of benzene rings is 7. The maximum atomic E-state index is 9.80. The highest BCUT2D eigenvalue weighted by molar-refractivity contribution is 5.93. The Morgan fingerprint density at radius 2 is 0.982 bits per heavy atom. The highest BCUT2D eigenvalue weighted by Gasteiger charge is 2.44. The van der Waals surface area contributed by atoms with E-state index in [0.29, 0.717) is 5.82 Å². The van der Waals surface area contributed by atoms with Crippen molar-refractivity contribution in [3.05, 3.63) is 193 Å². The lowest BCUT2D eigenvalue weighted by molar-refractivity contribution is 0.353. The molecule has 0 radical (unpaired) electrons. The molecule has 8 aromatic rings. The quantitative estimate of drug-likeness (QED) is 0.172. The third-order valence-corrected chi connectivity index (χ3v) is 11.9. The minimum Gasteiger partial charge on any atom is -0.228 e. The highest BCUT2D eigenvalue weighted by Crippen LogP contribution is 2.58. The first-order valence-corrected chi connectivity index (χ1v) is 19.7. The summed E-state index contributed by atoms with van der Waals surface area (Å²) < 4.78 is 0. The topological polar surface area (TPSA) is 49.6 Å². The van der Waals surface area contributed by atoms with Gasteiger partial charge in [-0.15, -0.1) is 0 Å². The molecule has 3 heteroatoms. The van der Waals surface area contributed by atoms with E-state index in [1.165, 1.54) is 63.8 Å². The summed E-state index contributed by atoms with van der Waals surface area (Å²) in [5.74, 6) is 0.712. The van der Waals surface area contributed by atoms with E-state index in [4.69, 9.17) is 9.97 Å². The van der Waals surface area contributed by atoms with Gasteiger partial charge in [0.05, 0.1) is 23.0 Å². The molecule has 10 rings (SSSR count). The minimum atomic E-state index is 0.00526. The molecule has 1 aromatic heterocycles. The van der Waals surface area contributed by atoms with Crippen LogP contribution in [0.15, 0.2) is 176 Å². The molecule has 7 aromatic carbocycles. The molecule has 1 heterocycles. The second-order valence-electron chi connectivity index (χ2n) is 15.2. The number of aromatic nitrogens is 2. The Hall–Kier alpha value is -6.89. The fourth-order valence-corrected chi connectivity index (χ4v) is 9.20. The van der Waals surface area contributed by atoms with Crippen LogP contribution in [0, 0.1) is 11.3 Å². The summed E-state index contributed by atoms with van der Waals surface area (Å²) in [6, 6.07) is 64.8. The van der Waals surface area contributed by atoms with Crippen LogP contribution < -0.4 is 0 Å². The normalized spacial score (nSPS) is 13.8. The standard InChI is InChI=1S/C53H39N3/c54-35-36-23-28-46-48(31-36)53(29-8-3-9-30-53)47-22-12-21-45(51(46)47)38-26-24-37(25-27-38)41-17-10-18-42(32-41)43-19-11-20-44(33-43)50-34-49(39-13-4-1-5-14-39)55-52(56-50)40-15-6-2-7-16-40/h1-2,4-7,10-28,31-34H,3,8-9,29-30H2. The lowest BCUT2D eigenvalue weighted by Crippen LogP contribution is -2.28. The maximum absolute atomic E-state index is 9.80. The molecule has 0 unspecified atom stereocenters. The molecule has 1 spiro atoms. The van der Waals surface area contributed by atoms with Gasteiger partial charge in [0.15, 0.2) is 5.82 Å². The van der Waals surface area contributed by atoms with Gasteiger partial charge in [-0.2, -0.15) is 5.26 Å². The number of hydrogen-bond acceptors (Lipinski definition) is 3. The Morgan fingerprint density at radius 1 is 0.411 bits per heavy atom. The van der Waals surface area contributed by atoms with Crippen molar-refractivity contribution in [2.75, 3.05) is 0 Å². The number of hydrogen-bond donors (Lipinski definition) is 0. The number of fused-ring (bicyclic) bond motifs is 5. The molecular formula is C53H39N3. The Balaban J connectivity index is 0.985. The largest absolute Gasteiger partial charge is 0.228 e. The fraction of sp³-hybridized carbons (Fsp3) is 0.113. The third-order valence-electron chi connectivity index (χ3n) is 11.9. The molecule has 266 valence electrons. The predicted octanol–water partition coefficient (Wildman–Crippen LogP) is 13.6. The Labute approximate surface area is 328 Å². The molecule has 1 saturated carbocycles. The predicted molar refractivity (Wildman–Crippen MR) is 229 cm³/mol. The lowest BCUT2D eigenvalue weighted by Gasteiger charge is -2.36. The Bertz CT molecular complexity index is 2710. The second kappa shape index (κ2) is 14.1. The molecule has 0 N–H and O–H groups in total. The van der Waals surface area contributed by atoms with Crippen molar-refractivity contribution in [3.8, 4) is 84.5 Å². The summed E-state index contributed by atoms with van der Waals surface area (Å²) in [5, 5.41) is 9.80. The van der Waals surface area contributed by atoms with Crippen molar-refractivity contribution in [2.24, 2.45) is 0 Å². The van der Waals surface area contributed by atoms with E-state index in [0.717, 1.165) is 57.6 Å². The number of rotatable bonds is 6. The van der Waals surface area contributed by atoms with Crippen LogP contribution in [0.1, 0.15) is 48.8 Å². The molecule has 0 amide bonds. The van der Waals surface area contributed by atoms with Crippen LogP contribution in [-0.2, 0) is 5.41 Å². The molecule has 2 aliphatic carbocycles. The first-order valence-electron chi connectivity index (χ1n) is 19.7. The zero-order valence-corrected chi connectivity index (χ0v) is 31.1. The van der Waals surface area contributed by atoms with Gasteiger partial charge >= 0.3 is 0 Å². The van der Waals surface area contributed by atoms with Crippen LogP contribution in [0.3, 0.4) is 0 Å². The lowest BCUT2D eigenvalue weighted by atomic mass is 9.67. The molecule has 0 atom stereocenters. The van der Waals surface area contributed by atoms with Crippen molar-refractivity contribution < 1.29 is 0 Å². The average Bonchev–Trinajstić information content (AvgIpc) is 3.55. The highest BCUT2D eigenvalue weighted by atomic mass is 14.9. The monoisotopic (exact) mass is 717 g/mol. The van der Waals surface area contributed by atoms with Crippen LogP contribution in [0.5, 0.6) is 0 Å². The summed E-state index contributed by atoms with van der Waals surface area (Å²) >= 11 is 0. The van der Waals surface area contributed by atoms with E-state index in [1.54, 1.807) is 0 Å². The first-order chi connectivity index (χ1) is 27.7. The molecule has 1 fully saturated rings. The van der Waals surface area contributed by atoms with Crippen LogP contribution in [0.4, 0.5) is 0 Å². The van der Waals surface area contributed by atoms with Crippen molar-refractivity contribution in [1.82, 2.24) is 9.97 Å². The van der Waals surface area contributed by atoms with Gasteiger partial charge in [0.1, 0.15) is 0 Å². The minimum absolute atomic E-state index is 0.00526. The number of nitrogens with zero attached hydrogens (tertiary/aromatic N) is 3. The van der Waals surface area contributed by atoms with Gasteiger partial charge in [-0.3, -0.25) is 0 Å². The van der Waals surface area contributed by atoms with Gasteiger partial charge in [-0.25, -0.2) is 9.97 Å². The summed E-state index contributed by atoms with van der Waals surface area (Å²) in [5.41, 5.74) is 18.2. The van der Waals surface area contributed by atoms with E-state index < -0.39 is 0 Å². The molecule has 3 nitrogen and oxygen atoms in total. The molecular weight excluding hydrogens is 679 g/mol. The molecule has 56 heavy (non-hydrogen) atoms. The van der Waals surface area contributed by atoms with Crippen molar-refractivity contribution in [2.45, 2.75) is 37.5 Å². The number of nitriles is 1. The smallest absolute Gasteiger partial charge is 0.160 e. The van der Waals surface area contributed by atoms with E-state index >= 15 is 0 Å². The van der Waals surface area contributed by atoms with Crippen LogP contribution in [0.2, 0.25) is 0 Å². The SMILES string of the molecule is N#Cc1ccc2c(c1)C1(CCCCC1)c1cccc(-c3ccc(-c4cccc(-c5cccc(-c6cc(-c7ccccc7)nc(-c7ccccc7)n6)c5)c4)cc3)c1-2. The van der Waals surface area contributed by atoms with E-state index in [-0.39, 0.29) is 5.41 Å². The van der Waals surface area contributed by atoms with Crippen LogP contribution >= 0.6 is 0 Å². The maximum Gasteiger partial charge on any atom is 0.160 e. The van der Waals surface area contributed by atoms with Crippen molar-refractivity contribution in [1.29, 1.82) is 5.26 Å². The summed E-state index contributed by atoms with van der Waals surface area (Å²) in [7, 11) is 0. The Morgan fingerprint density at radius 3 is 1.68 bits per heavy atom. The van der Waals surface area contributed by atoms with E-state index in [2.05, 4.69) is 140 Å². The Kier molecular flexibility index (Phi) is 8.46. The fourth-order valence-electron chi connectivity index (χ4n) is 9.20. The molecule has 0 saturated heterocycles. The second-order valence-corrected chi connectivity index (χ2v) is 15.2. The molecule has 0 aliphatic heterocycles.